The van der Waals surface area contributed by atoms with Crippen molar-refractivity contribution in [2.45, 2.75) is 32.8 Å². The van der Waals surface area contributed by atoms with Gasteiger partial charge in [0.25, 0.3) is 5.91 Å². The monoisotopic (exact) mass is 233 g/mol. The van der Waals surface area contributed by atoms with Gasteiger partial charge in [0.1, 0.15) is 6.10 Å². The van der Waals surface area contributed by atoms with E-state index in [0.29, 0.717) is 12.5 Å². The number of carbonyl (C=O) groups excluding carboxylic acids is 1. The number of benzene rings is 1. The van der Waals surface area contributed by atoms with Crippen molar-refractivity contribution in [2.24, 2.45) is 5.92 Å². The number of ether oxygens (including phenoxy) is 1. The highest BCUT2D eigenvalue weighted by molar-refractivity contribution is 5.94. The quantitative estimate of drug-likeness (QED) is 0.868. The maximum absolute atomic E-state index is 11.6. The van der Waals surface area contributed by atoms with E-state index in [2.05, 4.69) is 31.3 Å². The van der Waals surface area contributed by atoms with Gasteiger partial charge in [-0.05, 0) is 30.0 Å². The SMILES string of the molecule is CC(C)Cc1ccc(NC(=O)C2CCO2)cc1. The highest BCUT2D eigenvalue weighted by Crippen LogP contribution is 2.16. The van der Waals surface area contributed by atoms with Crippen molar-refractivity contribution in [3.63, 3.8) is 0 Å². The molecule has 0 aliphatic carbocycles. The highest BCUT2D eigenvalue weighted by atomic mass is 16.5. The van der Waals surface area contributed by atoms with Crippen LogP contribution in [0, 0.1) is 5.92 Å². The molecular formula is C14H19NO2. The highest BCUT2D eigenvalue weighted by Gasteiger charge is 2.26. The average molecular weight is 233 g/mol. The van der Waals surface area contributed by atoms with Crippen LogP contribution in [0.4, 0.5) is 5.69 Å². The third-order valence-corrected chi connectivity index (χ3v) is 2.86. The zero-order chi connectivity index (χ0) is 12.3. The largest absolute Gasteiger partial charge is 0.368 e. The topological polar surface area (TPSA) is 38.3 Å². The third-order valence-electron chi connectivity index (χ3n) is 2.86. The zero-order valence-corrected chi connectivity index (χ0v) is 10.4. The van der Waals surface area contributed by atoms with Crippen molar-refractivity contribution in [3.8, 4) is 0 Å². The first-order valence-electron chi connectivity index (χ1n) is 6.16. The van der Waals surface area contributed by atoms with Gasteiger partial charge in [-0.1, -0.05) is 26.0 Å². The number of nitrogens with one attached hydrogen (secondary N) is 1. The summed E-state index contributed by atoms with van der Waals surface area (Å²) in [5.41, 5.74) is 2.15. The lowest BCUT2D eigenvalue weighted by Gasteiger charge is -2.25. The number of anilines is 1. The van der Waals surface area contributed by atoms with Crippen LogP contribution in [-0.4, -0.2) is 18.6 Å². The zero-order valence-electron chi connectivity index (χ0n) is 10.4. The fraction of sp³-hybridized carbons (Fsp3) is 0.500. The van der Waals surface area contributed by atoms with Crippen molar-refractivity contribution in [2.75, 3.05) is 11.9 Å². The number of carbonyl (C=O) groups is 1. The van der Waals surface area contributed by atoms with E-state index in [4.69, 9.17) is 4.74 Å². The molecule has 0 bridgehead atoms. The van der Waals surface area contributed by atoms with Gasteiger partial charge in [0.15, 0.2) is 0 Å². The Bertz CT molecular complexity index is 380. The summed E-state index contributed by atoms with van der Waals surface area (Å²) < 4.78 is 5.13. The van der Waals surface area contributed by atoms with Gasteiger partial charge in [0.2, 0.25) is 0 Å². The second kappa shape index (κ2) is 5.32. The standard InChI is InChI=1S/C14H19NO2/c1-10(2)9-11-3-5-12(6-4-11)15-14(16)13-7-8-17-13/h3-6,10,13H,7-9H2,1-2H3,(H,15,16). The molecule has 1 N–H and O–H groups in total. The van der Waals surface area contributed by atoms with E-state index in [1.165, 1.54) is 5.56 Å². The van der Waals surface area contributed by atoms with E-state index in [0.717, 1.165) is 18.5 Å². The van der Waals surface area contributed by atoms with E-state index in [9.17, 15) is 4.79 Å². The van der Waals surface area contributed by atoms with Gasteiger partial charge in [-0.2, -0.15) is 0 Å². The second-order valence-corrected chi connectivity index (χ2v) is 4.93. The number of hydrogen-bond acceptors (Lipinski definition) is 2. The Morgan fingerprint density at radius 2 is 2.06 bits per heavy atom. The molecule has 1 amide bonds. The Morgan fingerprint density at radius 3 is 2.53 bits per heavy atom. The van der Waals surface area contributed by atoms with E-state index >= 15 is 0 Å². The van der Waals surface area contributed by atoms with Crippen LogP contribution in [0.2, 0.25) is 0 Å². The van der Waals surface area contributed by atoms with Crippen LogP contribution in [0.3, 0.4) is 0 Å². The van der Waals surface area contributed by atoms with Crippen LogP contribution < -0.4 is 5.32 Å². The molecule has 1 aliphatic rings. The van der Waals surface area contributed by atoms with Gasteiger partial charge < -0.3 is 10.1 Å². The van der Waals surface area contributed by atoms with Crippen molar-refractivity contribution < 1.29 is 9.53 Å². The van der Waals surface area contributed by atoms with Gasteiger partial charge >= 0.3 is 0 Å². The maximum atomic E-state index is 11.6. The second-order valence-electron chi connectivity index (χ2n) is 4.93. The van der Waals surface area contributed by atoms with Gasteiger partial charge in [0, 0.05) is 12.1 Å². The Hall–Kier alpha value is -1.35. The molecule has 0 aromatic heterocycles. The minimum Gasteiger partial charge on any atom is -0.368 e. The van der Waals surface area contributed by atoms with E-state index in [-0.39, 0.29) is 12.0 Å². The molecular weight excluding hydrogens is 214 g/mol. The first-order valence-corrected chi connectivity index (χ1v) is 6.16. The smallest absolute Gasteiger partial charge is 0.253 e. The summed E-state index contributed by atoms with van der Waals surface area (Å²) in [7, 11) is 0. The van der Waals surface area contributed by atoms with Crippen LogP contribution in [0.1, 0.15) is 25.8 Å². The molecule has 1 fully saturated rings. The predicted octanol–water partition coefficient (Wildman–Crippen LogP) is 2.61. The minimum atomic E-state index is -0.245. The summed E-state index contributed by atoms with van der Waals surface area (Å²) >= 11 is 0. The normalized spacial score (nSPS) is 18.9. The molecule has 3 nitrogen and oxygen atoms in total. The average Bonchev–Trinajstić information content (AvgIpc) is 2.17. The molecule has 0 radical (unpaired) electrons. The van der Waals surface area contributed by atoms with Gasteiger partial charge in [-0.25, -0.2) is 0 Å². The Morgan fingerprint density at radius 1 is 1.41 bits per heavy atom. The third kappa shape index (κ3) is 3.30. The number of hydrogen-bond donors (Lipinski definition) is 1. The predicted molar refractivity (Wildman–Crippen MR) is 68.0 cm³/mol. The molecule has 0 spiro atoms. The van der Waals surface area contributed by atoms with Crippen molar-refractivity contribution in [1.29, 1.82) is 0 Å². The minimum absolute atomic E-state index is 0.0344. The van der Waals surface area contributed by atoms with E-state index < -0.39 is 0 Å². The van der Waals surface area contributed by atoms with Crippen LogP contribution in [0.15, 0.2) is 24.3 Å². The summed E-state index contributed by atoms with van der Waals surface area (Å²) in [5.74, 6) is 0.617. The first kappa shape index (κ1) is 12.1. The summed E-state index contributed by atoms with van der Waals surface area (Å²) in [4.78, 5) is 11.6. The first-order chi connectivity index (χ1) is 8.15. The Kier molecular flexibility index (Phi) is 3.79. The molecule has 2 rings (SSSR count). The Balaban J connectivity index is 1.90. The molecule has 17 heavy (non-hydrogen) atoms. The molecule has 1 aliphatic heterocycles. The van der Waals surface area contributed by atoms with Gasteiger partial charge in [0.05, 0.1) is 6.61 Å². The van der Waals surface area contributed by atoms with Gasteiger partial charge in [-0.3, -0.25) is 4.79 Å². The van der Waals surface area contributed by atoms with Crippen molar-refractivity contribution in [1.82, 2.24) is 0 Å². The van der Waals surface area contributed by atoms with Gasteiger partial charge in [-0.15, -0.1) is 0 Å². The van der Waals surface area contributed by atoms with Crippen LogP contribution in [-0.2, 0) is 16.0 Å². The number of rotatable bonds is 4. The molecule has 3 heteroatoms. The molecule has 92 valence electrons. The van der Waals surface area contributed by atoms with Crippen molar-refractivity contribution >= 4 is 11.6 Å². The summed E-state index contributed by atoms with van der Waals surface area (Å²) in [6, 6.07) is 8.04. The van der Waals surface area contributed by atoms with Crippen LogP contribution in [0.5, 0.6) is 0 Å². The summed E-state index contributed by atoms with van der Waals surface area (Å²) in [5, 5.41) is 2.86. The summed E-state index contributed by atoms with van der Waals surface area (Å²) in [6.45, 7) is 5.10. The molecule has 1 aromatic rings. The lowest BCUT2D eigenvalue weighted by molar-refractivity contribution is -0.139. The fourth-order valence-electron chi connectivity index (χ4n) is 1.86. The number of amides is 1. The Labute approximate surface area is 102 Å². The van der Waals surface area contributed by atoms with Crippen LogP contribution in [0.25, 0.3) is 0 Å². The lowest BCUT2D eigenvalue weighted by Crippen LogP contribution is -2.38. The molecule has 1 heterocycles. The van der Waals surface area contributed by atoms with Crippen LogP contribution >= 0.6 is 0 Å². The molecule has 1 unspecified atom stereocenters. The van der Waals surface area contributed by atoms with E-state index in [1.54, 1.807) is 0 Å². The lowest BCUT2D eigenvalue weighted by atomic mass is 10.0. The summed E-state index contributed by atoms with van der Waals surface area (Å²) in [6.07, 6.45) is 1.65. The molecule has 1 saturated heterocycles. The molecule has 1 atom stereocenters. The molecule has 0 saturated carbocycles. The van der Waals surface area contributed by atoms with E-state index in [1.807, 2.05) is 12.1 Å². The fourth-order valence-corrected chi connectivity index (χ4v) is 1.86. The van der Waals surface area contributed by atoms with Crippen molar-refractivity contribution in [3.05, 3.63) is 29.8 Å². The maximum Gasteiger partial charge on any atom is 0.253 e. The molecule has 1 aromatic carbocycles.